The van der Waals surface area contributed by atoms with Gasteiger partial charge < -0.3 is 35.6 Å². The van der Waals surface area contributed by atoms with Crippen molar-refractivity contribution in [2.45, 2.75) is 51.2 Å². The Morgan fingerprint density at radius 1 is 1.05 bits per heavy atom. The van der Waals surface area contributed by atoms with Crippen LogP contribution in [0.25, 0.3) is 10.9 Å². The molecule has 2 fully saturated rings. The topological polar surface area (TPSA) is 138 Å². The largest absolute Gasteiger partial charge is 0.506 e. The molecule has 2 amide bonds. The molecule has 10 nitrogen and oxygen atoms in total. The molecule has 1 saturated heterocycles. The smallest absolute Gasteiger partial charge is 0.248 e. The second-order valence-electron chi connectivity index (χ2n) is 12.1. The van der Waals surface area contributed by atoms with Crippen molar-refractivity contribution in [2.24, 2.45) is 11.8 Å². The minimum Gasteiger partial charge on any atom is -0.506 e. The summed E-state index contributed by atoms with van der Waals surface area (Å²) in [5.74, 6) is 1.69. The average molecular weight is 590 g/mol. The van der Waals surface area contributed by atoms with Crippen molar-refractivity contribution in [1.29, 1.82) is 0 Å². The van der Waals surface area contributed by atoms with Gasteiger partial charge in [-0.05, 0) is 66.5 Å². The first-order valence-electron chi connectivity index (χ1n) is 15.4. The van der Waals surface area contributed by atoms with E-state index in [0.717, 1.165) is 37.0 Å². The van der Waals surface area contributed by atoms with Gasteiger partial charge in [-0.15, -0.1) is 0 Å². The van der Waals surface area contributed by atoms with Gasteiger partial charge >= 0.3 is 0 Å². The Kier molecular flexibility index (Phi) is 10.1. The number of aromatic amines is 1. The highest BCUT2D eigenvalue weighted by atomic mass is 16.3. The van der Waals surface area contributed by atoms with Crippen molar-refractivity contribution in [2.75, 3.05) is 45.1 Å². The number of nitrogens with zero attached hydrogens (tertiary/aromatic N) is 2. The monoisotopic (exact) mass is 589 g/mol. The Bertz CT molecular complexity index is 1460. The number of hydrogen-bond acceptors (Lipinski definition) is 7. The number of hydrogen-bond donors (Lipinski definition) is 5. The van der Waals surface area contributed by atoms with E-state index in [4.69, 9.17) is 0 Å². The fraction of sp³-hybridized carbons (Fsp3) is 0.485. The first-order valence-corrected chi connectivity index (χ1v) is 15.4. The molecule has 0 spiro atoms. The third-order valence-electron chi connectivity index (χ3n) is 8.94. The van der Waals surface area contributed by atoms with Crippen molar-refractivity contribution < 1.29 is 19.8 Å². The van der Waals surface area contributed by atoms with Crippen molar-refractivity contribution in [3.05, 3.63) is 70.0 Å². The van der Waals surface area contributed by atoms with Crippen LogP contribution in [0.15, 0.2) is 53.3 Å². The second-order valence-corrected chi connectivity index (χ2v) is 12.1. The van der Waals surface area contributed by atoms with Crippen LogP contribution in [0, 0.1) is 11.8 Å². The lowest BCUT2D eigenvalue weighted by atomic mass is 10.0. The summed E-state index contributed by atoms with van der Waals surface area (Å²) in [6, 6.07) is 13.6. The van der Waals surface area contributed by atoms with Crippen molar-refractivity contribution in [3.8, 4) is 5.75 Å². The van der Waals surface area contributed by atoms with E-state index in [2.05, 4.69) is 20.5 Å². The molecule has 10 heteroatoms. The summed E-state index contributed by atoms with van der Waals surface area (Å²) in [6.45, 7) is 4.47. The summed E-state index contributed by atoms with van der Waals surface area (Å²) in [5, 5.41) is 27.5. The Labute approximate surface area is 252 Å². The van der Waals surface area contributed by atoms with Gasteiger partial charge in [-0.1, -0.05) is 24.6 Å². The van der Waals surface area contributed by atoms with Gasteiger partial charge in [0.05, 0.1) is 11.6 Å². The Hall–Kier alpha value is -3.73. The molecule has 43 heavy (non-hydrogen) atoms. The van der Waals surface area contributed by atoms with Crippen molar-refractivity contribution >= 4 is 28.4 Å². The van der Waals surface area contributed by atoms with Crippen LogP contribution in [0.1, 0.15) is 55.8 Å². The zero-order valence-electron chi connectivity index (χ0n) is 24.8. The molecule has 1 aliphatic heterocycles. The number of aromatic nitrogens is 1. The number of rotatable bonds is 13. The van der Waals surface area contributed by atoms with Crippen LogP contribution in [0.4, 0.5) is 5.69 Å². The molecular weight excluding hydrogens is 546 g/mol. The van der Waals surface area contributed by atoms with Gasteiger partial charge in [0.25, 0.3) is 0 Å². The summed E-state index contributed by atoms with van der Waals surface area (Å²) < 4.78 is 0. The van der Waals surface area contributed by atoms with Crippen LogP contribution < -0.4 is 16.2 Å². The highest BCUT2D eigenvalue weighted by molar-refractivity contribution is 5.90. The molecule has 1 aromatic heterocycles. The predicted molar refractivity (Wildman–Crippen MR) is 167 cm³/mol. The molecule has 2 heterocycles. The number of H-pyrrole nitrogens is 1. The molecule has 3 aromatic rings. The fourth-order valence-corrected chi connectivity index (χ4v) is 6.50. The molecule has 0 bridgehead atoms. The maximum absolute atomic E-state index is 12.6. The average Bonchev–Trinajstić information content (AvgIpc) is 3.59. The lowest BCUT2D eigenvalue weighted by Crippen LogP contribution is -2.32. The molecule has 3 unspecified atom stereocenters. The van der Waals surface area contributed by atoms with E-state index in [0.29, 0.717) is 54.5 Å². The first-order chi connectivity index (χ1) is 20.8. The number of amides is 2. The summed E-state index contributed by atoms with van der Waals surface area (Å²) in [4.78, 5) is 43.4. The van der Waals surface area contributed by atoms with Crippen LogP contribution in [0.5, 0.6) is 5.75 Å². The second kappa shape index (κ2) is 14.2. The van der Waals surface area contributed by atoms with Gasteiger partial charge in [0.2, 0.25) is 17.4 Å². The number of nitrogens with one attached hydrogen (secondary N) is 3. The van der Waals surface area contributed by atoms with E-state index < -0.39 is 6.10 Å². The lowest BCUT2D eigenvalue weighted by Gasteiger charge is -2.20. The molecule has 1 aliphatic carbocycles. The molecule has 5 rings (SSSR count). The predicted octanol–water partition coefficient (Wildman–Crippen LogP) is 3.36. The normalized spacial score (nSPS) is 18.9. The molecule has 0 radical (unpaired) electrons. The number of phenols is 1. The van der Waals surface area contributed by atoms with E-state index >= 15 is 0 Å². The third-order valence-corrected chi connectivity index (χ3v) is 8.94. The van der Waals surface area contributed by atoms with Gasteiger partial charge in [-0.2, -0.15) is 0 Å². The van der Waals surface area contributed by atoms with Crippen LogP contribution >= 0.6 is 0 Å². The number of pyridine rings is 1. The SMILES string of the molecule is CN(CCCC(=O)Nc1ccc(CNCC(O)c2ccc(O)c3[nH]c(=O)ccc23)cc1)C(=O)CCN1CC2CCCC2C1. The summed E-state index contributed by atoms with van der Waals surface area (Å²) in [6.07, 6.45) is 4.70. The quantitative estimate of drug-likeness (QED) is 0.206. The van der Waals surface area contributed by atoms with Gasteiger partial charge in [-0.3, -0.25) is 14.4 Å². The van der Waals surface area contributed by atoms with Gasteiger partial charge in [0, 0.05) is 76.3 Å². The maximum atomic E-state index is 12.6. The Balaban J connectivity index is 0.983. The van der Waals surface area contributed by atoms with Gasteiger partial charge in [0.15, 0.2) is 0 Å². The molecular formula is C33H43N5O5. The molecule has 2 aromatic carbocycles. The number of anilines is 1. The fourth-order valence-electron chi connectivity index (χ4n) is 6.50. The van der Waals surface area contributed by atoms with Gasteiger partial charge in [0.1, 0.15) is 5.75 Å². The Morgan fingerprint density at radius 2 is 1.79 bits per heavy atom. The minimum atomic E-state index is -0.841. The van der Waals surface area contributed by atoms with Crippen LogP contribution in [-0.4, -0.2) is 76.6 Å². The highest BCUT2D eigenvalue weighted by Crippen LogP contribution is 2.37. The summed E-state index contributed by atoms with van der Waals surface area (Å²) in [7, 11) is 1.82. The van der Waals surface area contributed by atoms with Gasteiger partial charge in [-0.25, -0.2) is 0 Å². The number of aliphatic hydroxyl groups excluding tert-OH is 1. The number of carbonyl (C=O) groups is 2. The number of fused-ring (bicyclic) bond motifs is 2. The number of aromatic hydroxyl groups is 1. The van der Waals surface area contributed by atoms with E-state index in [1.54, 1.807) is 17.0 Å². The zero-order valence-corrected chi connectivity index (χ0v) is 24.8. The number of phenolic OH excluding ortho intramolecular Hbond substituents is 1. The number of aliphatic hydroxyl groups is 1. The number of carbonyl (C=O) groups excluding carboxylic acids is 2. The van der Waals surface area contributed by atoms with E-state index in [1.165, 1.54) is 31.4 Å². The minimum absolute atomic E-state index is 0.0454. The highest BCUT2D eigenvalue weighted by Gasteiger charge is 2.35. The zero-order chi connectivity index (χ0) is 30.3. The van der Waals surface area contributed by atoms with Crippen LogP contribution in [0.2, 0.25) is 0 Å². The molecule has 2 aliphatic rings. The van der Waals surface area contributed by atoms with Crippen LogP contribution in [-0.2, 0) is 16.1 Å². The maximum Gasteiger partial charge on any atom is 0.248 e. The Morgan fingerprint density at radius 3 is 2.53 bits per heavy atom. The summed E-state index contributed by atoms with van der Waals surface area (Å²) in [5.41, 5.74) is 2.28. The first kappa shape index (κ1) is 30.7. The van der Waals surface area contributed by atoms with Crippen molar-refractivity contribution in [3.63, 3.8) is 0 Å². The molecule has 1 saturated carbocycles. The molecule has 230 valence electrons. The van der Waals surface area contributed by atoms with Crippen molar-refractivity contribution in [1.82, 2.24) is 20.1 Å². The molecule has 3 atom stereocenters. The third kappa shape index (κ3) is 8.01. The number of likely N-dealkylation sites (tertiary alicyclic amines) is 1. The molecule has 5 N–H and O–H groups in total. The van der Waals surface area contributed by atoms with E-state index in [1.807, 2.05) is 31.3 Å². The standard InChI is InChI=1S/C33H43N5O5/c1-37(32(43)15-17-38-20-23-4-2-5-24(23)21-38)16-3-6-30(41)35-25-9-7-22(8-10-25)18-34-19-29(40)26-11-13-28(39)33-27(26)12-14-31(42)36-33/h7-14,23-24,29,34,39-40H,2-6,15-21H2,1H3,(H,35,41)(H,36,42). The number of benzene rings is 2. The van der Waals surface area contributed by atoms with E-state index in [9.17, 15) is 24.6 Å². The van der Waals surface area contributed by atoms with Crippen LogP contribution in [0.3, 0.4) is 0 Å². The summed E-state index contributed by atoms with van der Waals surface area (Å²) >= 11 is 0. The van der Waals surface area contributed by atoms with E-state index in [-0.39, 0.29) is 29.7 Å². The lowest BCUT2D eigenvalue weighted by molar-refractivity contribution is -0.130.